The highest BCUT2D eigenvalue weighted by atomic mass is 32.2. The zero-order valence-electron chi connectivity index (χ0n) is 18.5. The van der Waals surface area contributed by atoms with Crippen LogP contribution >= 0.6 is 0 Å². The second kappa shape index (κ2) is 10.6. The van der Waals surface area contributed by atoms with Gasteiger partial charge < -0.3 is 10.6 Å². The lowest BCUT2D eigenvalue weighted by atomic mass is 9.97. The van der Waals surface area contributed by atoms with Gasteiger partial charge >= 0.3 is 0 Å². The van der Waals surface area contributed by atoms with Crippen molar-refractivity contribution >= 4 is 27.5 Å². The van der Waals surface area contributed by atoms with Crippen molar-refractivity contribution in [3.8, 4) is 0 Å². The van der Waals surface area contributed by atoms with Crippen molar-refractivity contribution in [2.45, 2.75) is 44.4 Å². The van der Waals surface area contributed by atoms with Crippen LogP contribution in [0.4, 0.5) is 5.69 Å². The second-order valence-electron chi connectivity index (χ2n) is 8.83. The topological polar surface area (TPSA) is 98.8 Å². The highest BCUT2D eigenvalue weighted by Crippen LogP contribution is 2.23. The van der Waals surface area contributed by atoms with Crippen molar-refractivity contribution < 1.29 is 18.0 Å². The normalized spacial score (nSPS) is 20.7. The molecule has 2 aliphatic heterocycles. The van der Waals surface area contributed by atoms with Gasteiger partial charge in [0.05, 0.1) is 11.4 Å². The third-order valence-corrected chi connectivity index (χ3v) is 7.77. The number of sulfonamides is 1. The summed E-state index contributed by atoms with van der Waals surface area (Å²) in [7, 11) is -3.51. The van der Waals surface area contributed by atoms with Gasteiger partial charge in [0.15, 0.2) is 0 Å². The van der Waals surface area contributed by atoms with Gasteiger partial charge in [0.1, 0.15) is 0 Å². The Morgan fingerprint density at radius 1 is 1.13 bits per heavy atom. The highest BCUT2D eigenvalue weighted by Gasteiger charge is 2.27. The molecule has 0 aliphatic carbocycles. The molecule has 31 heavy (non-hydrogen) atoms. The minimum Gasteiger partial charge on any atom is -0.356 e. The Morgan fingerprint density at radius 2 is 1.87 bits per heavy atom. The number of rotatable bonds is 8. The average Bonchev–Trinajstić information content (AvgIpc) is 3.28. The Hall–Kier alpha value is -1.97. The fraction of sp³-hybridized carbons (Fsp3) is 0.636. The van der Waals surface area contributed by atoms with Gasteiger partial charge in [-0.25, -0.2) is 8.42 Å². The Labute approximate surface area is 185 Å². The number of hydrogen-bond donors (Lipinski definition) is 2. The maximum Gasteiger partial charge on any atom is 0.243 e. The molecule has 0 bridgehead atoms. The largest absolute Gasteiger partial charge is 0.356 e. The van der Waals surface area contributed by atoms with Crippen LogP contribution in [0.3, 0.4) is 0 Å². The van der Waals surface area contributed by atoms with E-state index < -0.39 is 10.0 Å². The van der Waals surface area contributed by atoms with Gasteiger partial charge in [-0.1, -0.05) is 19.9 Å². The summed E-state index contributed by atoms with van der Waals surface area (Å²) in [5.41, 5.74) is 0.489. The van der Waals surface area contributed by atoms with Crippen LogP contribution < -0.4 is 10.6 Å². The summed E-state index contributed by atoms with van der Waals surface area (Å²) in [6, 6.07) is 6.48. The van der Waals surface area contributed by atoms with Gasteiger partial charge in [0.2, 0.25) is 21.8 Å². The van der Waals surface area contributed by atoms with Gasteiger partial charge in [-0.05, 0) is 56.3 Å². The molecule has 0 saturated carbocycles. The van der Waals surface area contributed by atoms with E-state index in [1.165, 1.54) is 10.4 Å². The number of benzene rings is 1. The summed E-state index contributed by atoms with van der Waals surface area (Å²) in [4.78, 5) is 26.7. The van der Waals surface area contributed by atoms with Crippen molar-refractivity contribution in [2.75, 3.05) is 44.6 Å². The number of carbonyl (C=O) groups is 2. The lowest BCUT2D eigenvalue weighted by Crippen LogP contribution is -2.44. The average molecular weight is 451 g/mol. The number of hydrogen-bond acceptors (Lipinski definition) is 5. The minimum atomic E-state index is -3.51. The number of anilines is 1. The van der Waals surface area contributed by atoms with E-state index in [-0.39, 0.29) is 29.2 Å². The van der Waals surface area contributed by atoms with Crippen LogP contribution in [0.15, 0.2) is 29.2 Å². The Balaban J connectivity index is 1.53. The summed E-state index contributed by atoms with van der Waals surface area (Å²) in [6.45, 7) is 7.32. The van der Waals surface area contributed by atoms with Crippen LogP contribution in [0.5, 0.6) is 0 Å². The molecule has 2 aliphatic rings. The van der Waals surface area contributed by atoms with E-state index in [2.05, 4.69) is 15.5 Å². The first-order valence-electron chi connectivity index (χ1n) is 11.2. The molecule has 2 fully saturated rings. The summed E-state index contributed by atoms with van der Waals surface area (Å²) in [5.74, 6) is 0.190. The van der Waals surface area contributed by atoms with Gasteiger partial charge in [0.25, 0.3) is 0 Å². The maximum absolute atomic E-state index is 12.8. The quantitative estimate of drug-likeness (QED) is 0.630. The van der Waals surface area contributed by atoms with Crippen molar-refractivity contribution in [2.24, 2.45) is 11.8 Å². The van der Waals surface area contributed by atoms with E-state index in [1.54, 1.807) is 18.2 Å². The zero-order chi connectivity index (χ0) is 22.4. The summed E-state index contributed by atoms with van der Waals surface area (Å²) < 4.78 is 27.0. The first kappa shape index (κ1) is 23.7. The van der Waals surface area contributed by atoms with E-state index in [0.29, 0.717) is 31.2 Å². The molecule has 2 heterocycles. The predicted molar refractivity (Wildman–Crippen MR) is 120 cm³/mol. The number of amides is 2. The molecular formula is C22H34N4O4S. The fourth-order valence-corrected chi connectivity index (χ4v) is 5.69. The summed E-state index contributed by atoms with van der Waals surface area (Å²) >= 11 is 0. The van der Waals surface area contributed by atoms with Gasteiger partial charge in [-0.2, -0.15) is 4.31 Å². The molecule has 2 N–H and O–H groups in total. The molecule has 8 nitrogen and oxygen atoms in total. The van der Waals surface area contributed by atoms with Crippen molar-refractivity contribution in [1.29, 1.82) is 0 Å². The molecule has 0 radical (unpaired) electrons. The number of carbonyl (C=O) groups excluding carboxylic acids is 2. The molecule has 1 aromatic rings. The molecule has 1 aromatic carbocycles. The summed E-state index contributed by atoms with van der Waals surface area (Å²) in [6.07, 6.45) is 3.78. The monoisotopic (exact) mass is 450 g/mol. The molecule has 172 valence electrons. The van der Waals surface area contributed by atoms with Crippen molar-refractivity contribution in [1.82, 2.24) is 14.5 Å². The van der Waals surface area contributed by atoms with Crippen LogP contribution in [0, 0.1) is 11.8 Å². The maximum atomic E-state index is 12.8. The molecule has 2 amide bonds. The van der Waals surface area contributed by atoms with Crippen LogP contribution in [-0.2, 0) is 19.6 Å². The number of likely N-dealkylation sites (tertiary alicyclic amines) is 1. The van der Waals surface area contributed by atoms with E-state index in [1.807, 2.05) is 13.8 Å². The van der Waals surface area contributed by atoms with Crippen LogP contribution in [0.1, 0.15) is 39.5 Å². The smallest absolute Gasteiger partial charge is 0.243 e. The zero-order valence-corrected chi connectivity index (χ0v) is 19.3. The number of nitrogens with zero attached hydrogens (tertiary/aromatic N) is 2. The minimum absolute atomic E-state index is 0.0319. The SMILES string of the molecule is CC(C)C(=O)NCC1CCCN(CC(=O)Nc2cccc(S(=O)(=O)N3CCCC3)c2)C1. The number of nitrogens with one attached hydrogen (secondary N) is 2. The van der Waals surface area contributed by atoms with Gasteiger partial charge in [0, 0.05) is 37.8 Å². The first-order chi connectivity index (χ1) is 14.8. The van der Waals surface area contributed by atoms with E-state index >= 15 is 0 Å². The molecule has 3 rings (SSSR count). The Bertz CT molecular complexity index is 881. The molecule has 0 spiro atoms. The Morgan fingerprint density at radius 3 is 2.58 bits per heavy atom. The molecule has 1 atom stereocenters. The third-order valence-electron chi connectivity index (χ3n) is 5.88. The van der Waals surface area contributed by atoms with Gasteiger partial charge in [-0.3, -0.25) is 14.5 Å². The molecule has 1 unspecified atom stereocenters. The van der Waals surface area contributed by atoms with E-state index in [4.69, 9.17) is 0 Å². The third kappa shape index (κ3) is 6.51. The van der Waals surface area contributed by atoms with Crippen molar-refractivity contribution in [3.05, 3.63) is 24.3 Å². The second-order valence-corrected chi connectivity index (χ2v) is 10.8. The number of piperidine rings is 1. The van der Waals surface area contributed by atoms with E-state index in [0.717, 1.165) is 38.8 Å². The molecule has 0 aromatic heterocycles. The standard InChI is InChI=1S/C22H34N4O4S/c1-17(2)22(28)23-14-18-7-6-10-25(15-18)16-21(27)24-19-8-5-9-20(13-19)31(29,30)26-11-3-4-12-26/h5,8-9,13,17-18H,3-4,6-7,10-12,14-16H2,1-2H3,(H,23,28)(H,24,27). The predicted octanol–water partition coefficient (Wildman–Crippen LogP) is 1.89. The van der Waals surface area contributed by atoms with Gasteiger partial charge in [-0.15, -0.1) is 0 Å². The van der Waals surface area contributed by atoms with Crippen molar-refractivity contribution in [3.63, 3.8) is 0 Å². The fourth-order valence-electron chi connectivity index (χ4n) is 4.13. The highest BCUT2D eigenvalue weighted by molar-refractivity contribution is 7.89. The van der Waals surface area contributed by atoms with Crippen LogP contribution in [0.2, 0.25) is 0 Å². The first-order valence-corrected chi connectivity index (χ1v) is 12.6. The Kier molecular flexibility index (Phi) is 8.07. The van der Waals surface area contributed by atoms with Crippen LogP contribution in [0.25, 0.3) is 0 Å². The van der Waals surface area contributed by atoms with E-state index in [9.17, 15) is 18.0 Å². The lowest BCUT2D eigenvalue weighted by Gasteiger charge is -2.32. The molecular weight excluding hydrogens is 416 g/mol. The molecule has 9 heteroatoms. The molecule has 2 saturated heterocycles. The van der Waals surface area contributed by atoms with Crippen LogP contribution in [-0.4, -0.2) is 68.7 Å². The lowest BCUT2D eigenvalue weighted by molar-refractivity contribution is -0.124. The summed E-state index contributed by atoms with van der Waals surface area (Å²) in [5, 5.41) is 5.82.